The molecular weight excluding hydrogens is 164 g/mol. The van der Waals surface area contributed by atoms with Crippen molar-refractivity contribution in [3.8, 4) is 0 Å². The first kappa shape index (κ1) is 8.82. The maximum Gasteiger partial charge on any atom is 0.120 e. The van der Waals surface area contributed by atoms with E-state index in [1.54, 1.807) is 14.2 Å². The molecule has 0 aromatic carbocycles. The molecule has 2 nitrogen and oxygen atoms in total. The fourth-order valence-corrected chi connectivity index (χ4v) is 1.79. The molecule has 2 aliphatic carbocycles. The molecule has 0 radical (unpaired) electrons. The second-order valence-electron chi connectivity index (χ2n) is 3.68. The third kappa shape index (κ3) is 1.78. The first-order valence-corrected chi connectivity index (χ1v) is 4.84. The number of ether oxygens (including phenoxy) is 2. The molecule has 0 amide bonds. The molecule has 0 saturated heterocycles. The lowest BCUT2D eigenvalue weighted by molar-refractivity contribution is 0.135. The van der Waals surface area contributed by atoms with Crippen molar-refractivity contribution >= 4 is 0 Å². The summed E-state index contributed by atoms with van der Waals surface area (Å²) in [4.78, 5) is 0. The van der Waals surface area contributed by atoms with E-state index >= 15 is 0 Å². The van der Waals surface area contributed by atoms with Gasteiger partial charge in [0.25, 0.3) is 0 Å². The van der Waals surface area contributed by atoms with Crippen LogP contribution in [0.25, 0.3) is 0 Å². The van der Waals surface area contributed by atoms with Crippen LogP contribution in [-0.4, -0.2) is 20.3 Å². The molecule has 0 aromatic heterocycles. The lowest BCUT2D eigenvalue weighted by atomic mass is 9.99. The van der Waals surface area contributed by atoms with Gasteiger partial charge in [0.15, 0.2) is 0 Å². The fourth-order valence-electron chi connectivity index (χ4n) is 1.79. The van der Waals surface area contributed by atoms with Gasteiger partial charge < -0.3 is 9.47 Å². The van der Waals surface area contributed by atoms with Crippen molar-refractivity contribution in [1.29, 1.82) is 0 Å². The number of rotatable bonds is 3. The van der Waals surface area contributed by atoms with Crippen LogP contribution in [0.15, 0.2) is 23.5 Å². The Morgan fingerprint density at radius 2 is 2.08 bits per heavy atom. The van der Waals surface area contributed by atoms with Crippen LogP contribution < -0.4 is 0 Å². The smallest absolute Gasteiger partial charge is 0.120 e. The Bertz CT molecular complexity index is 249. The van der Waals surface area contributed by atoms with E-state index in [0.29, 0.717) is 0 Å². The molecule has 0 heterocycles. The number of hydrogen-bond acceptors (Lipinski definition) is 2. The molecule has 2 rings (SSSR count). The van der Waals surface area contributed by atoms with Crippen LogP contribution in [0.4, 0.5) is 0 Å². The standard InChI is InChI=1S/C11H16O2/c1-12-9-5-6-10(8-3-4-8)11(7-9)13-2/h6-9H,3-5H2,1-2H3. The minimum atomic E-state index is 0.206. The van der Waals surface area contributed by atoms with Crippen LogP contribution in [0.3, 0.4) is 0 Å². The van der Waals surface area contributed by atoms with Gasteiger partial charge in [0.2, 0.25) is 0 Å². The summed E-state index contributed by atoms with van der Waals surface area (Å²) in [5.74, 6) is 1.80. The summed E-state index contributed by atoms with van der Waals surface area (Å²) in [6, 6.07) is 0. The lowest BCUT2D eigenvalue weighted by Gasteiger charge is -2.19. The fraction of sp³-hybridized carbons (Fsp3) is 0.636. The van der Waals surface area contributed by atoms with Crippen LogP contribution in [0.1, 0.15) is 19.3 Å². The van der Waals surface area contributed by atoms with Gasteiger partial charge in [0.05, 0.1) is 13.2 Å². The molecule has 2 heteroatoms. The Morgan fingerprint density at radius 3 is 2.62 bits per heavy atom. The van der Waals surface area contributed by atoms with E-state index in [2.05, 4.69) is 12.2 Å². The first-order valence-electron chi connectivity index (χ1n) is 4.84. The van der Waals surface area contributed by atoms with Crippen LogP contribution in [0.5, 0.6) is 0 Å². The van der Waals surface area contributed by atoms with E-state index in [9.17, 15) is 0 Å². The summed E-state index contributed by atoms with van der Waals surface area (Å²) in [7, 11) is 3.48. The van der Waals surface area contributed by atoms with Crippen molar-refractivity contribution in [1.82, 2.24) is 0 Å². The van der Waals surface area contributed by atoms with Crippen molar-refractivity contribution in [3.63, 3.8) is 0 Å². The Morgan fingerprint density at radius 1 is 1.31 bits per heavy atom. The van der Waals surface area contributed by atoms with Gasteiger partial charge in [0, 0.05) is 7.11 Å². The third-order valence-corrected chi connectivity index (χ3v) is 2.73. The quantitative estimate of drug-likeness (QED) is 0.663. The molecule has 1 fully saturated rings. The summed E-state index contributed by atoms with van der Waals surface area (Å²) >= 11 is 0. The predicted octanol–water partition coefficient (Wildman–Crippen LogP) is 2.27. The van der Waals surface area contributed by atoms with Crippen LogP contribution in [0.2, 0.25) is 0 Å². The minimum Gasteiger partial charge on any atom is -0.497 e. The topological polar surface area (TPSA) is 18.5 Å². The molecule has 0 bridgehead atoms. The van der Waals surface area contributed by atoms with Gasteiger partial charge in [-0.1, -0.05) is 6.08 Å². The summed E-state index contributed by atoms with van der Waals surface area (Å²) in [5.41, 5.74) is 1.40. The third-order valence-electron chi connectivity index (χ3n) is 2.73. The van der Waals surface area contributed by atoms with E-state index in [4.69, 9.17) is 9.47 Å². The highest BCUT2D eigenvalue weighted by atomic mass is 16.5. The van der Waals surface area contributed by atoms with Gasteiger partial charge >= 0.3 is 0 Å². The highest BCUT2D eigenvalue weighted by molar-refractivity contribution is 5.35. The number of hydrogen-bond donors (Lipinski definition) is 0. The maximum absolute atomic E-state index is 5.35. The number of allylic oxidation sites excluding steroid dienone is 1. The molecule has 72 valence electrons. The Kier molecular flexibility index (Phi) is 2.40. The summed E-state index contributed by atoms with van der Waals surface area (Å²) in [6.45, 7) is 0. The average molecular weight is 180 g/mol. The highest BCUT2D eigenvalue weighted by Gasteiger charge is 2.30. The zero-order valence-electron chi connectivity index (χ0n) is 8.25. The van der Waals surface area contributed by atoms with Crippen molar-refractivity contribution in [3.05, 3.63) is 23.5 Å². The molecule has 0 aliphatic heterocycles. The molecule has 1 saturated carbocycles. The van der Waals surface area contributed by atoms with Gasteiger partial charge in [-0.25, -0.2) is 0 Å². The van der Waals surface area contributed by atoms with Crippen LogP contribution in [-0.2, 0) is 9.47 Å². The monoisotopic (exact) mass is 180 g/mol. The lowest BCUT2D eigenvalue weighted by Crippen LogP contribution is -2.13. The molecule has 1 atom stereocenters. The second-order valence-corrected chi connectivity index (χ2v) is 3.68. The molecule has 0 N–H and O–H groups in total. The van der Waals surface area contributed by atoms with Gasteiger partial charge in [-0.05, 0) is 36.8 Å². The normalized spacial score (nSPS) is 28.0. The van der Waals surface area contributed by atoms with Gasteiger partial charge in [0.1, 0.15) is 5.76 Å². The van der Waals surface area contributed by atoms with Crippen molar-refractivity contribution < 1.29 is 9.47 Å². The van der Waals surface area contributed by atoms with Crippen molar-refractivity contribution in [2.45, 2.75) is 25.4 Å². The van der Waals surface area contributed by atoms with Crippen LogP contribution >= 0.6 is 0 Å². The molecule has 1 unspecified atom stereocenters. The van der Waals surface area contributed by atoms with Crippen molar-refractivity contribution in [2.24, 2.45) is 5.92 Å². The average Bonchev–Trinajstić information content (AvgIpc) is 3.00. The minimum absolute atomic E-state index is 0.206. The SMILES string of the molecule is COC1=CC(OC)CC=C1C1CC1. The molecule has 13 heavy (non-hydrogen) atoms. The Hall–Kier alpha value is -0.760. The van der Waals surface area contributed by atoms with E-state index in [0.717, 1.165) is 18.1 Å². The molecule has 0 aromatic rings. The van der Waals surface area contributed by atoms with E-state index in [1.807, 2.05) is 0 Å². The van der Waals surface area contributed by atoms with E-state index in [1.165, 1.54) is 18.4 Å². The zero-order chi connectivity index (χ0) is 9.26. The molecule has 2 aliphatic rings. The summed E-state index contributed by atoms with van der Waals surface area (Å²) < 4.78 is 10.6. The summed E-state index contributed by atoms with van der Waals surface area (Å²) in [5, 5.41) is 0. The van der Waals surface area contributed by atoms with E-state index in [-0.39, 0.29) is 6.10 Å². The van der Waals surface area contributed by atoms with Gasteiger partial charge in [-0.2, -0.15) is 0 Å². The molecular formula is C11H16O2. The molecule has 0 spiro atoms. The van der Waals surface area contributed by atoms with Crippen LogP contribution in [0, 0.1) is 5.92 Å². The maximum atomic E-state index is 5.35. The first-order chi connectivity index (χ1) is 6.35. The largest absolute Gasteiger partial charge is 0.497 e. The van der Waals surface area contributed by atoms with Crippen molar-refractivity contribution in [2.75, 3.05) is 14.2 Å². The van der Waals surface area contributed by atoms with Gasteiger partial charge in [-0.3, -0.25) is 0 Å². The van der Waals surface area contributed by atoms with E-state index < -0.39 is 0 Å². The highest BCUT2D eigenvalue weighted by Crippen LogP contribution is 2.42. The Balaban J connectivity index is 2.11. The van der Waals surface area contributed by atoms with Gasteiger partial charge in [-0.15, -0.1) is 0 Å². The predicted molar refractivity (Wildman–Crippen MR) is 51.3 cm³/mol. The zero-order valence-corrected chi connectivity index (χ0v) is 8.25. The Labute approximate surface area is 79.2 Å². The second kappa shape index (κ2) is 3.54. The number of methoxy groups -OCH3 is 2. The summed E-state index contributed by atoms with van der Waals surface area (Å²) in [6.07, 6.45) is 8.21.